The highest BCUT2D eigenvalue weighted by atomic mass is 16.2. The molecular formula is C19H23N5O2. The molecule has 2 aromatic rings. The molecule has 1 saturated heterocycles. The molecule has 7 heteroatoms. The number of amides is 1. The monoisotopic (exact) mass is 353 g/mol. The van der Waals surface area contributed by atoms with Gasteiger partial charge in [0, 0.05) is 33.0 Å². The Kier molecular flexibility index (Phi) is 3.21. The molecule has 2 aliphatic carbocycles. The Morgan fingerprint density at radius 2 is 2.27 bits per heavy atom. The number of rotatable bonds is 3. The molecular weight excluding hydrogens is 330 g/mol. The second-order valence-electron chi connectivity index (χ2n) is 8.30. The maximum atomic E-state index is 12.8. The third-order valence-corrected chi connectivity index (χ3v) is 6.86. The molecule has 3 heterocycles. The van der Waals surface area contributed by atoms with Gasteiger partial charge in [-0.25, -0.2) is 4.98 Å². The van der Waals surface area contributed by atoms with Crippen molar-refractivity contribution in [1.29, 1.82) is 0 Å². The topological polar surface area (TPSA) is 83.9 Å². The van der Waals surface area contributed by atoms with E-state index in [-0.39, 0.29) is 16.9 Å². The number of nitrogens with one attached hydrogen (secondary N) is 1. The molecule has 2 bridgehead atoms. The van der Waals surface area contributed by atoms with Crippen LogP contribution >= 0.6 is 0 Å². The average molecular weight is 353 g/mol. The van der Waals surface area contributed by atoms with Crippen molar-refractivity contribution in [2.24, 2.45) is 30.2 Å². The van der Waals surface area contributed by atoms with Crippen LogP contribution in [-0.2, 0) is 18.3 Å². The highest BCUT2D eigenvalue weighted by Gasteiger charge is 2.57. The number of nitrogens with zero attached hydrogens (tertiary/aromatic N) is 4. The van der Waals surface area contributed by atoms with Crippen LogP contribution in [0.5, 0.6) is 0 Å². The molecule has 0 aromatic carbocycles. The Balaban J connectivity index is 1.29. The SMILES string of the molecule is Cn1ncc2c(=O)[nH]c(CCC(=O)N3C[C@@H]4[C@@H]5C=C[C@@H](C5)[C@]4(C)C3)nc21. The summed E-state index contributed by atoms with van der Waals surface area (Å²) >= 11 is 0. The number of likely N-dealkylation sites (tertiary alicyclic amines) is 1. The zero-order valence-electron chi connectivity index (χ0n) is 15.1. The molecule has 1 aliphatic heterocycles. The normalized spacial score (nSPS) is 31.9. The van der Waals surface area contributed by atoms with Gasteiger partial charge in [-0.15, -0.1) is 0 Å². The van der Waals surface area contributed by atoms with Crippen LogP contribution in [0.25, 0.3) is 11.0 Å². The first-order valence-corrected chi connectivity index (χ1v) is 9.33. The molecule has 0 unspecified atom stereocenters. The van der Waals surface area contributed by atoms with E-state index in [4.69, 9.17) is 0 Å². The van der Waals surface area contributed by atoms with Crippen LogP contribution in [-0.4, -0.2) is 43.6 Å². The Hall–Kier alpha value is -2.44. The highest BCUT2D eigenvalue weighted by molar-refractivity contribution is 5.77. The van der Waals surface area contributed by atoms with Crippen molar-refractivity contribution in [1.82, 2.24) is 24.6 Å². The van der Waals surface area contributed by atoms with E-state index in [1.165, 1.54) is 12.6 Å². The van der Waals surface area contributed by atoms with Gasteiger partial charge in [-0.3, -0.25) is 14.3 Å². The van der Waals surface area contributed by atoms with Crippen molar-refractivity contribution in [3.05, 3.63) is 34.5 Å². The third-order valence-electron chi connectivity index (χ3n) is 6.86. The van der Waals surface area contributed by atoms with Crippen molar-refractivity contribution in [3.63, 3.8) is 0 Å². The van der Waals surface area contributed by atoms with Gasteiger partial charge in [0.2, 0.25) is 5.91 Å². The molecule has 3 aliphatic rings. The van der Waals surface area contributed by atoms with Gasteiger partial charge in [-0.2, -0.15) is 5.10 Å². The average Bonchev–Trinajstić information content (AvgIpc) is 3.34. The summed E-state index contributed by atoms with van der Waals surface area (Å²) in [6, 6.07) is 0. The van der Waals surface area contributed by atoms with E-state index in [2.05, 4.69) is 34.1 Å². The van der Waals surface area contributed by atoms with E-state index in [0.29, 0.717) is 47.5 Å². The fourth-order valence-electron chi connectivity index (χ4n) is 5.34. The van der Waals surface area contributed by atoms with Gasteiger partial charge in [0.25, 0.3) is 5.56 Å². The summed E-state index contributed by atoms with van der Waals surface area (Å²) in [7, 11) is 1.76. The Morgan fingerprint density at radius 3 is 3.08 bits per heavy atom. The first kappa shape index (κ1) is 15.8. The maximum absolute atomic E-state index is 12.8. The Bertz CT molecular complexity index is 989. The number of H-pyrrole nitrogens is 1. The zero-order valence-corrected chi connectivity index (χ0v) is 15.1. The fraction of sp³-hybridized carbons (Fsp3) is 0.579. The molecule has 26 heavy (non-hydrogen) atoms. The first-order chi connectivity index (χ1) is 12.5. The molecule has 1 saturated carbocycles. The number of aryl methyl sites for hydroxylation is 2. The van der Waals surface area contributed by atoms with Gasteiger partial charge in [0.1, 0.15) is 11.2 Å². The summed E-state index contributed by atoms with van der Waals surface area (Å²) < 4.78 is 1.58. The second-order valence-corrected chi connectivity index (χ2v) is 8.30. The second kappa shape index (κ2) is 5.28. The van der Waals surface area contributed by atoms with Crippen LogP contribution in [0.15, 0.2) is 23.1 Å². The quantitative estimate of drug-likeness (QED) is 0.842. The Labute approximate surface area is 151 Å². The lowest BCUT2D eigenvalue weighted by Gasteiger charge is -2.31. The summed E-state index contributed by atoms with van der Waals surface area (Å²) in [5, 5.41) is 4.55. The van der Waals surface area contributed by atoms with Gasteiger partial charge < -0.3 is 9.88 Å². The molecule has 2 aromatic heterocycles. The van der Waals surface area contributed by atoms with Crippen molar-refractivity contribution < 1.29 is 4.79 Å². The van der Waals surface area contributed by atoms with Crippen LogP contribution in [0.4, 0.5) is 0 Å². The number of carbonyl (C=O) groups excluding carboxylic acids is 1. The number of carbonyl (C=O) groups is 1. The van der Waals surface area contributed by atoms with Crippen LogP contribution in [0.1, 0.15) is 25.6 Å². The summed E-state index contributed by atoms with van der Waals surface area (Å²) in [6.45, 7) is 4.06. The van der Waals surface area contributed by atoms with Gasteiger partial charge in [-0.1, -0.05) is 19.1 Å². The summed E-state index contributed by atoms with van der Waals surface area (Å²) in [5.74, 6) is 2.58. The minimum atomic E-state index is -0.198. The zero-order chi connectivity index (χ0) is 18.1. The molecule has 1 amide bonds. The molecule has 7 nitrogen and oxygen atoms in total. The fourth-order valence-corrected chi connectivity index (χ4v) is 5.34. The van der Waals surface area contributed by atoms with Gasteiger partial charge in [0.05, 0.1) is 6.20 Å². The van der Waals surface area contributed by atoms with E-state index in [1.807, 2.05) is 4.90 Å². The molecule has 2 fully saturated rings. The van der Waals surface area contributed by atoms with E-state index in [1.54, 1.807) is 11.7 Å². The largest absolute Gasteiger partial charge is 0.342 e. The molecule has 1 N–H and O–H groups in total. The summed E-state index contributed by atoms with van der Waals surface area (Å²) in [5.41, 5.74) is 0.605. The highest BCUT2D eigenvalue weighted by Crippen LogP contribution is 2.59. The predicted molar refractivity (Wildman–Crippen MR) is 96.4 cm³/mol. The third kappa shape index (κ3) is 2.12. The first-order valence-electron chi connectivity index (χ1n) is 9.33. The number of aromatic amines is 1. The molecule has 0 radical (unpaired) electrons. The maximum Gasteiger partial charge on any atom is 0.262 e. The number of hydrogen-bond donors (Lipinski definition) is 1. The summed E-state index contributed by atoms with van der Waals surface area (Å²) in [6.07, 6.45) is 8.30. The predicted octanol–water partition coefficient (Wildman–Crippen LogP) is 1.26. The van der Waals surface area contributed by atoms with Crippen LogP contribution in [0.3, 0.4) is 0 Å². The minimum absolute atomic E-state index is 0.160. The van der Waals surface area contributed by atoms with Crippen LogP contribution < -0.4 is 5.56 Å². The Morgan fingerprint density at radius 1 is 1.42 bits per heavy atom. The van der Waals surface area contributed by atoms with E-state index >= 15 is 0 Å². The van der Waals surface area contributed by atoms with Crippen LogP contribution in [0, 0.1) is 23.2 Å². The van der Waals surface area contributed by atoms with Crippen molar-refractivity contribution in [3.8, 4) is 0 Å². The molecule has 136 valence electrons. The van der Waals surface area contributed by atoms with E-state index in [9.17, 15) is 9.59 Å². The standard InChI is InChI=1S/C19H23N5O2/c1-19-10-24(9-14(19)11-3-4-12(19)7-11)16(25)6-5-15-21-17-13(18(26)22-15)8-20-23(17)2/h3-4,8,11-12,14H,5-7,9-10H2,1-2H3,(H,21,22,26)/t11-,12+,14-,19+/m1/s1. The number of fused-ring (bicyclic) bond motifs is 6. The lowest BCUT2D eigenvalue weighted by atomic mass is 9.72. The minimum Gasteiger partial charge on any atom is -0.342 e. The van der Waals surface area contributed by atoms with E-state index < -0.39 is 0 Å². The van der Waals surface area contributed by atoms with Gasteiger partial charge >= 0.3 is 0 Å². The number of allylic oxidation sites excluding steroid dienone is 2. The smallest absolute Gasteiger partial charge is 0.262 e. The number of hydrogen-bond acceptors (Lipinski definition) is 4. The van der Waals surface area contributed by atoms with Crippen molar-refractivity contribution in [2.75, 3.05) is 13.1 Å². The molecule has 4 atom stereocenters. The molecule has 0 spiro atoms. The van der Waals surface area contributed by atoms with Gasteiger partial charge in [0.15, 0.2) is 5.65 Å². The van der Waals surface area contributed by atoms with Crippen LogP contribution in [0.2, 0.25) is 0 Å². The van der Waals surface area contributed by atoms with E-state index in [0.717, 1.165) is 13.1 Å². The lowest BCUT2D eigenvalue weighted by Crippen LogP contribution is -2.33. The van der Waals surface area contributed by atoms with Crippen molar-refractivity contribution >= 4 is 16.9 Å². The number of aromatic nitrogens is 4. The molecule has 5 rings (SSSR count). The van der Waals surface area contributed by atoms with Gasteiger partial charge in [-0.05, 0) is 29.6 Å². The summed E-state index contributed by atoms with van der Waals surface area (Å²) in [4.78, 5) is 34.1. The lowest BCUT2D eigenvalue weighted by molar-refractivity contribution is -0.130. The van der Waals surface area contributed by atoms with Crippen molar-refractivity contribution in [2.45, 2.75) is 26.2 Å².